The highest BCUT2D eigenvalue weighted by Crippen LogP contribution is 2.13. The minimum absolute atomic E-state index is 0.0297. The summed E-state index contributed by atoms with van der Waals surface area (Å²) in [6.07, 6.45) is 1.46. The lowest BCUT2D eigenvalue weighted by atomic mass is 10.3. The SMILES string of the molecule is COC(=O)c1ncn(Cc2cc(OC)cc(C)n2)n1. The van der Waals surface area contributed by atoms with Gasteiger partial charge in [0.25, 0.3) is 5.82 Å². The largest absolute Gasteiger partial charge is 0.497 e. The number of ether oxygens (including phenoxy) is 2. The number of aromatic nitrogens is 4. The van der Waals surface area contributed by atoms with Crippen molar-refractivity contribution in [3.05, 3.63) is 35.7 Å². The number of nitrogens with zero attached hydrogens (tertiary/aromatic N) is 4. The molecule has 0 aromatic carbocycles. The second-order valence-electron chi connectivity index (χ2n) is 3.90. The first-order valence-corrected chi connectivity index (χ1v) is 5.61. The molecule has 2 rings (SSSR count). The highest BCUT2D eigenvalue weighted by molar-refractivity contribution is 5.84. The van der Waals surface area contributed by atoms with Gasteiger partial charge < -0.3 is 9.47 Å². The predicted molar refractivity (Wildman–Crippen MR) is 66.0 cm³/mol. The van der Waals surface area contributed by atoms with Gasteiger partial charge in [-0.25, -0.2) is 14.5 Å². The van der Waals surface area contributed by atoms with Gasteiger partial charge in [-0.2, -0.15) is 0 Å². The summed E-state index contributed by atoms with van der Waals surface area (Å²) in [7, 11) is 2.89. The number of hydrogen-bond donors (Lipinski definition) is 0. The molecular formula is C12H14N4O3. The molecule has 0 aliphatic carbocycles. The number of rotatable bonds is 4. The van der Waals surface area contributed by atoms with Gasteiger partial charge in [-0.15, -0.1) is 5.10 Å². The standard InChI is InChI=1S/C12H14N4O3/c1-8-4-10(18-2)5-9(14-8)6-16-7-13-11(15-16)12(17)19-3/h4-5,7H,6H2,1-3H3. The van der Waals surface area contributed by atoms with Crippen molar-refractivity contribution in [2.24, 2.45) is 0 Å². The third kappa shape index (κ3) is 3.06. The monoisotopic (exact) mass is 262 g/mol. The van der Waals surface area contributed by atoms with Gasteiger partial charge in [-0.3, -0.25) is 4.98 Å². The van der Waals surface area contributed by atoms with Crippen molar-refractivity contribution in [1.82, 2.24) is 19.7 Å². The summed E-state index contributed by atoms with van der Waals surface area (Å²) in [5, 5.41) is 4.01. The quantitative estimate of drug-likeness (QED) is 0.759. The van der Waals surface area contributed by atoms with Crippen LogP contribution in [0.2, 0.25) is 0 Å². The highest BCUT2D eigenvalue weighted by Gasteiger charge is 2.11. The Morgan fingerprint density at radius 3 is 2.84 bits per heavy atom. The van der Waals surface area contributed by atoms with Crippen molar-refractivity contribution in [2.75, 3.05) is 14.2 Å². The summed E-state index contributed by atoms with van der Waals surface area (Å²) in [5.41, 5.74) is 1.63. The third-order valence-electron chi connectivity index (χ3n) is 2.44. The van der Waals surface area contributed by atoms with Gasteiger partial charge in [-0.05, 0) is 6.92 Å². The normalized spacial score (nSPS) is 10.3. The molecule has 0 saturated carbocycles. The average Bonchev–Trinajstić information content (AvgIpc) is 2.85. The zero-order chi connectivity index (χ0) is 13.8. The van der Waals surface area contributed by atoms with Gasteiger partial charge in [0.2, 0.25) is 0 Å². The minimum Gasteiger partial charge on any atom is -0.497 e. The van der Waals surface area contributed by atoms with Gasteiger partial charge in [0.15, 0.2) is 0 Å². The zero-order valence-electron chi connectivity index (χ0n) is 11.0. The van der Waals surface area contributed by atoms with E-state index >= 15 is 0 Å². The van der Waals surface area contributed by atoms with Crippen LogP contribution in [0.25, 0.3) is 0 Å². The summed E-state index contributed by atoms with van der Waals surface area (Å²) in [6, 6.07) is 3.65. The van der Waals surface area contributed by atoms with Crippen molar-refractivity contribution >= 4 is 5.97 Å². The Hall–Kier alpha value is -2.44. The average molecular weight is 262 g/mol. The van der Waals surface area contributed by atoms with Crippen LogP contribution in [0.4, 0.5) is 0 Å². The molecule has 0 aliphatic rings. The van der Waals surface area contributed by atoms with E-state index in [0.717, 1.165) is 17.1 Å². The third-order valence-corrected chi connectivity index (χ3v) is 2.44. The smallest absolute Gasteiger partial charge is 0.377 e. The van der Waals surface area contributed by atoms with E-state index in [1.807, 2.05) is 19.1 Å². The summed E-state index contributed by atoms with van der Waals surface area (Å²) < 4.78 is 11.2. The first kappa shape index (κ1) is 13.0. The topological polar surface area (TPSA) is 79.1 Å². The number of carbonyl (C=O) groups excluding carboxylic acids is 1. The number of aryl methyl sites for hydroxylation is 1. The fourth-order valence-corrected chi connectivity index (χ4v) is 1.62. The lowest BCUT2D eigenvalue weighted by Crippen LogP contribution is -2.07. The van der Waals surface area contributed by atoms with Crippen LogP contribution in [-0.4, -0.2) is 39.9 Å². The maximum Gasteiger partial charge on any atom is 0.377 e. The first-order chi connectivity index (χ1) is 9.12. The van der Waals surface area contributed by atoms with Crippen molar-refractivity contribution in [3.8, 4) is 5.75 Å². The maximum atomic E-state index is 11.2. The lowest BCUT2D eigenvalue weighted by Gasteiger charge is -2.05. The molecule has 100 valence electrons. The molecule has 0 aliphatic heterocycles. The zero-order valence-corrected chi connectivity index (χ0v) is 11.0. The van der Waals surface area contributed by atoms with Crippen molar-refractivity contribution in [1.29, 1.82) is 0 Å². The first-order valence-electron chi connectivity index (χ1n) is 5.61. The summed E-state index contributed by atoms with van der Waals surface area (Å²) >= 11 is 0. The maximum absolute atomic E-state index is 11.2. The molecule has 0 fully saturated rings. The van der Waals surface area contributed by atoms with Gasteiger partial charge in [0.05, 0.1) is 26.5 Å². The number of esters is 1. The van der Waals surface area contributed by atoms with E-state index in [1.54, 1.807) is 7.11 Å². The van der Waals surface area contributed by atoms with Crippen molar-refractivity contribution in [2.45, 2.75) is 13.5 Å². The Labute approximate surface area is 110 Å². The second kappa shape index (κ2) is 5.47. The predicted octanol–water partition coefficient (Wildman–Crippen LogP) is 0.825. The summed E-state index contributed by atoms with van der Waals surface area (Å²) in [6.45, 7) is 2.29. The van der Waals surface area contributed by atoms with Crippen molar-refractivity contribution in [3.63, 3.8) is 0 Å². The van der Waals surface area contributed by atoms with E-state index in [1.165, 1.54) is 18.1 Å². The van der Waals surface area contributed by atoms with Crippen LogP contribution in [0.3, 0.4) is 0 Å². The van der Waals surface area contributed by atoms with Gasteiger partial charge in [0.1, 0.15) is 12.1 Å². The molecule has 7 nitrogen and oxygen atoms in total. The summed E-state index contributed by atoms with van der Waals surface area (Å²) in [4.78, 5) is 19.5. The molecule has 0 N–H and O–H groups in total. The Kier molecular flexibility index (Phi) is 3.74. The highest BCUT2D eigenvalue weighted by atomic mass is 16.5. The van der Waals surface area contributed by atoms with E-state index in [-0.39, 0.29) is 5.82 Å². The number of pyridine rings is 1. The Bertz CT molecular complexity index is 594. The molecule has 2 aromatic rings. The van der Waals surface area contributed by atoms with Gasteiger partial charge >= 0.3 is 5.97 Å². The molecule has 0 spiro atoms. The van der Waals surface area contributed by atoms with E-state index < -0.39 is 5.97 Å². The Morgan fingerprint density at radius 2 is 2.16 bits per heavy atom. The second-order valence-corrected chi connectivity index (χ2v) is 3.90. The molecule has 2 aromatic heterocycles. The Balaban J connectivity index is 2.19. The lowest BCUT2D eigenvalue weighted by molar-refractivity contribution is 0.0586. The number of carbonyl (C=O) groups is 1. The molecule has 0 unspecified atom stereocenters. The van der Waals surface area contributed by atoms with Crippen molar-refractivity contribution < 1.29 is 14.3 Å². The van der Waals surface area contributed by atoms with E-state index in [4.69, 9.17) is 4.74 Å². The van der Waals surface area contributed by atoms with Crippen LogP contribution < -0.4 is 4.74 Å². The van der Waals surface area contributed by atoms with E-state index in [2.05, 4.69) is 19.8 Å². The molecule has 2 heterocycles. The molecule has 0 bridgehead atoms. The molecule has 0 saturated heterocycles. The van der Waals surface area contributed by atoms with Crippen LogP contribution in [0, 0.1) is 6.92 Å². The van der Waals surface area contributed by atoms with Gasteiger partial charge in [0, 0.05) is 17.8 Å². The Morgan fingerprint density at radius 1 is 1.37 bits per heavy atom. The summed E-state index contributed by atoms with van der Waals surface area (Å²) in [5.74, 6) is 0.200. The molecule has 0 amide bonds. The number of hydrogen-bond acceptors (Lipinski definition) is 6. The van der Waals surface area contributed by atoms with Crippen LogP contribution in [0.1, 0.15) is 22.0 Å². The number of methoxy groups -OCH3 is 2. The van der Waals surface area contributed by atoms with Crippen LogP contribution in [0.15, 0.2) is 18.5 Å². The molecule has 0 atom stereocenters. The molecule has 19 heavy (non-hydrogen) atoms. The molecular weight excluding hydrogens is 248 g/mol. The van der Waals surface area contributed by atoms with E-state index in [9.17, 15) is 4.79 Å². The van der Waals surface area contributed by atoms with Gasteiger partial charge in [-0.1, -0.05) is 0 Å². The molecule has 0 radical (unpaired) electrons. The fraction of sp³-hybridized carbons (Fsp3) is 0.333. The molecule has 7 heteroatoms. The van der Waals surface area contributed by atoms with Crippen LogP contribution >= 0.6 is 0 Å². The fourth-order valence-electron chi connectivity index (χ4n) is 1.62. The van der Waals surface area contributed by atoms with Crippen LogP contribution in [-0.2, 0) is 11.3 Å². The minimum atomic E-state index is -0.562. The van der Waals surface area contributed by atoms with E-state index in [0.29, 0.717) is 6.54 Å². The van der Waals surface area contributed by atoms with Crippen LogP contribution in [0.5, 0.6) is 5.75 Å².